The molecule has 2 rings (SSSR count). The highest BCUT2D eigenvalue weighted by Crippen LogP contribution is 2.29. The van der Waals surface area contributed by atoms with Gasteiger partial charge in [0.1, 0.15) is 0 Å². The molecule has 0 saturated heterocycles. The van der Waals surface area contributed by atoms with Crippen molar-refractivity contribution in [3.05, 3.63) is 28.9 Å². The average Bonchev–Trinajstić information content (AvgIpc) is 2.82. The quantitative estimate of drug-likeness (QED) is 0.859. The highest BCUT2D eigenvalue weighted by atomic mass is 79.9. The number of rotatable bonds is 5. The van der Waals surface area contributed by atoms with Crippen molar-refractivity contribution < 1.29 is 9.53 Å². The summed E-state index contributed by atoms with van der Waals surface area (Å²) >= 11 is 3.45. The van der Waals surface area contributed by atoms with Gasteiger partial charge in [-0.2, -0.15) is 0 Å². The largest absolute Gasteiger partial charge is 0.449 e. The average molecular weight is 339 g/mol. The number of hydrogen-bond donors (Lipinski definition) is 1. The molecule has 0 aliphatic rings. The van der Waals surface area contributed by atoms with E-state index in [9.17, 15) is 4.79 Å². The molecule has 1 aromatic carbocycles. The van der Waals surface area contributed by atoms with Crippen molar-refractivity contribution in [3.63, 3.8) is 0 Å². The van der Waals surface area contributed by atoms with Gasteiger partial charge in [-0.25, -0.2) is 4.79 Å². The molecular formula is C15H19BrN2O2. The number of nitrogens with zero attached hydrogens (tertiary/aromatic N) is 1. The van der Waals surface area contributed by atoms with Crippen LogP contribution in [-0.4, -0.2) is 24.2 Å². The number of anilines is 1. The number of benzene rings is 1. The van der Waals surface area contributed by atoms with E-state index in [4.69, 9.17) is 4.74 Å². The molecule has 0 unspecified atom stereocenters. The van der Waals surface area contributed by atoms with E-state index in [1.807, 2.05) is 31.3 Å². The maximum atomic E-state index is 12.1. The fraction of sp³-hybridized carbons (Fsp3) is 0.400. The number of aromatic amines is 1. The number of halogens is 1. The molecule has 108 valence electrons. The van der Waals surface area contributed by atoms with Crippen LogP contribution in [0.3, 0.4) is 0 Å². The van der Waals surface area contributed by atoms with Crippen LogP contribution in [0.1, 0.15) is 26.7 Å². The lowest BCUT2D eigenvalue weighted by Gasteiger charge is -2.21. The van der Waals surface area contributed by atoms with Gasteiger partial charge in [0.25, 0.3) is 0 Å². The number of amides is 1. The molecule has 0 radical (unpaired) electrons. The number of unbranched alkanes of at least 4 members (excludes halogenated alkanes) is 1. The third-order valence-corrected chi connectivity index (χ3v) is 3.63. The van der Waals surface area contributed by atoms with Gasteiger partial charge in [0, 0.05) is 28.1 Å². The minimum Gasteiger partial charge on any atom is -0.449 e. The topological polar surface area (TPSA) is 45.3 Å². The molecule has 20 heavy (non-hydrogen) atoms. The number of H-pyrrole nitrogens is 1. The Morgan fingerprint density at radius 1 is 1.40 bits per heavy atom. The Morgan fingerprint density at radius 2 is 2.20 bits per heavy atom. The van der Waals surface area contributed by atoms with Crippen molar-refractivity contribution in [2.75, 3.05) is 18.1 Å². The first-order valence-electron chi connectivity index (χ1n) is 6.88. The standard InChI is InChI=1S/C15H19BrN2O2/c1-3-5-8-18(15(19)20-4-2)14-10-17-13-9-11(16)6-7-12(13)14/h6-7,9-10,17H,3-5,8H2,1-2H3. The lowest BCUT2D eigenvalue weighted by molar-refractivity contribution is 0.159. The van der Waals surface area contributed by atoms with Crippen LogP contribution in [0.4, 0.5) is 10.5 Å². The Kier molecular flexibility index (Phi) is 5.06. The third-order valence-electron chi connectivity index (χ3n) is 3.14. The summed E-state index contributed by atoms with van der Waals surface area (Å²) < 4.78 is 6.17. The van der Waals surface area contributed by atoms with E-state index in [0.29, 0.717) is 13.2 Å². The normalized spacial score (nSPS) is 10.8. The molecule has 5 heteroatoms. The van der Waals surface area contributed by atoms with Crippen LogP contribution in [-0.2, 0) is 4.74 Å². The maximum Gasteiger partial charge on any atom is 0.414 e. The van der Waals surface area contributed by atoms with Crippen molar-refractivity contribution in [3.8, 4) is 0 Å². The van der Waals surface area contributed by atoms with E-state index in [1.54, 1.807) is 4.90 Å². The molecular weight excluding hydrogens is 320 g/mol. The molecule has 1 N–H and O–H groups in total. The summed E-state index contributed by atoms with van der Waals surface area (Å²) in [6.07, 6.45) is 3.56. The summed E-state index contributed by atoms with van der Waals surface area (Å²) in [4.78, 5) is 17.1. The summed E-state index contributed by atoms with van der Waals surface area (Å²) in [6.45, 7) is 4.98. The van der Waals surface area contributed by atoms with Crippen LogP contribution in [0.2, 0.25) is 0 Å². The van der Waals surface area contributed by atoms with Crippen LogP contribution in [0.15, 0.2) is 28.9 Å². The summed E-state index contributed by atoms with van der Waals surface area (Å²) in [7, 11) is 0. The number of carbonyl (C=O) groups excluding carboxylic acids is 1. The number of carbonyl (C=O) groups is 1. The lowest BCUT2D eigenvalue weighted by atomic mass is 10.2. The minimum atomic E-state index is -0.287. The second-order valence-corrected chi connectivity index (χ2v) is 5.48. The van der Waals surface area contributed by atoms with Crippen molar-refractivity contribution in [1.82, 2.24) is 4.98 Å². The molecule has 2 aromatic rings. The van der Waals surface area contributed by atoms with Gasteiger partial charge in [-0.3, -0.25) is 4.90 Å². The minimum absolute atomic E-state index is 0.287. The number of ether oxygens (including phenoxy) is 1. The van der Waals surface area contributed by atoms with E-state index in [0.717, 1.165) is 33.9 Å². The van der Waals surface area contributed by atoms with E-state index < -0.39 is 0 Å². The fourth-order valence-corrected chi connectivity index (χ4v) is 2.50. The van der Waals surface area contributed by atoms with Gasteiger partial charge in [0.15, 0.2) is 0 Å². The van der Waals surface area contributed by atoms with Crippen molar-refractivity contribution in [2.45, 2.75) is 26.7 Å². The van der Waals surface area contributed by atoms with Gasteiger partial charge in [-0.15, -0.1) is 0 Å². The van der Waals surface area contributed by atoms with Crippen molar-refractivity contribution in [1.29, 1.82) is 0 Å². The maximum absolute atomic E-state index is 12.1. The molecule has 1 heterocycles. The number of aromatic nitrogens is 1. The van der Waals surface area contributed by atoms with Crippen molar-refractivity contribution >= 4 is 38.6 Å². The first-order valence-corrected chi connectivity index (χ1v) is 7.67. The Morgan fingerprint density at radius 3 is 2.90 bits per heavy atom. The van der Waals surface area contributed by atoms with Gasteiger partial charge < -0.3 is 9.72 Å². The summed E-state index contributed by atoms with van der Waals surface area (Å²) in [5, 5.41) is 1.03. The van der Waals surface area contributed by atoms with Crippen LogP contribution >= 0.6 is 15.9 Å². The van der Waals surface area contributed by atoms with Gasteiger partial charge in [-0.05, 0) is 31.5 Å². The highest BCUT2D eigenvalue weighted by Gasteiger charge is 2.19. The van der Waals surface area contributed by atoms with Gasteiger partial charge >= 0.3 is 6.09 Å². The SMILES string of the molecule is CCCCN(C(=O)OCC)c1c[nH]c2cc(Br)ccc12. The predicted molar refractivity (Wildman–Crippen MR) is 85.3 cm³/mol. The molecule has 0 aliphatic heterocycles. The molecule has 0 aliphatic carbocycles. The van der Waals surface area contributed by atoms with Gasteiger partial charge in [0.2, 0.25) is 0 Å². The summed E-state index contributed by atoms with van der Waals surface area (Å²) in [5.41, 5.74) is 1.87. The second kappa shape index (κ2) is 6.79. The zero-order valence-electron chi connectivity index (χ0n) is 11.8. The molecule has 1 aromatic heterocycles. The van der Waals surface area contributed by atoms with E-state index in [2.05, 4.69) is 27.8 Å². The molecule has 0 atom stereocenters. The van der Waals surface area contributed by atoms with Crippen LogP contribution in [0.25, 0.3) is 10.9 Å². The van der Waals surface area contributed by atoms with Crippen molar-refractivity contribution in [2.24, 2.45) is 0 Å². The van der Waals surface area contributed by atoms with Crippen LogP contribution < -0.4 is 4.90 Å². The molecule has 0 saturated carbocycles. The Labute approximate surface area is 127 Å². The van der Waals surface area contributed by atoms with E-state index in [1.165, 1.54) is 0 Å². The number of nitrogens with one attached hydrogen (secondary N) is 1. The zero-order chi connectivity index (χ0) is 14.5. The predicted octanol–water partition coefficient (Wildman–Crippen LogP) is 4.69. The Hall–Kier alpha value is -1.49. The Bertz CT molecular complexity index is 595. The highest BCUT2D eigenvalue weighted by molar-refractivity contribution is 9.10. The summed E-state index contributed by atoms with van der Waals surface area (Å²) in [5.74, 6) is 0. The second-order valence-electron chi connectivity index (χ2n) is 4.57. The monoisotopic (exact) mass is 338 g/mol. The number of hydrogen-bond acceptors (Lipinski definition) is 2. The van der Waals surface area contributed by atoms with Gasteiger partial charge in [0.05, 0.1) is 12.3 Å². The fourth-order valence-electron chi connectivity index (χ4n) is 2.13. The smallest absolute Gasteiger partial charge is 0.414 e. The number of fused-ring (bicyclic) bond motifs is 1. The first kappa shape index (κ1) is 14.9. The molecule has 0 fully saturated rings. The summed E-state index contributed by atoms with van der Waals surface area (Å²) in [6, 6.07) is 5.98. The molecule has 1 amide bonds. The first-order chi connectivity index (χ1) is 9.67. The molecule has 4 nitrogen and oxygen atoms in total. The third kappa shape index (κ3) is 3.15. The van der Waals surface area contributed by atoms with Gasteiger partial charge in [-0.1, -0.05) is 29.3 Å². The molecule has 0 bridgehead atoms. The Balaban J connectivity index is 2.37. The zero-order valence-corrected chi connectivity index (χ0v) is 13.4. The van der Waals surface area contributed by atoms with Crippen LogP contribution in [0, 0.1) is 0 Å². The van der Waals surface area contributed by atoms with E-state index in [-0.39, 0.29) is 6.09 Å². The molecule has 0 spiro atoms. The lowest BCUT2D eigenvalue weighted by Crippen LogP contribution is -2.32. The van der Waals surface area contributed by atoms with Crippen LogP contribution in [0.5, 0.6) is 0 Å². The van der Waals surface area contributed by atoms with E-state index >= 15 is 0 Å².